The molecule has 82 valence electrons. The van der Waals surface area contributed by atoms with Gasteiger partial charge in [-0.25, -0.2) is 9.48 Å². The SMILES string of the molecule is Cc1cnnn1Cc1ccccc1C(=O)O. The maximum atomic E-state index is 11.0. The predicted molar refractivity (Wildman–Crippen MR) is 57.3 cm³/mol. The van der Waals surface area contributed by atoms with Crippen LogP contribution >= 0.6 is 0 Å². The van der Waals surface area contributed by atoms with E-state index in [1.807, 2.05) is 13.0 Å². The number of aromatic carboxylic acids is 1. The largest absolute Gasteiger partial charge is 0.478 e. The summed E-state index contributed by atoms with van der Waals surface area (Å²) in [6.45, 7) is 2.30. The standard InChI is InChI=1S/C11H11N3O2/c1-8-6-12-13-14(8)7-9-4-2-3-5-10(9)11(15)16/h2-6H,7H2,1H3,(H,15,16). The number of nitrogens with zero attached hydrogens (tertiary/aromatic N) is 3. The topological polar surface area (TPSA) is 68.0 Å². The lowest BCUT2D eigenvalue weighted by molar-refractivity contribution is 0.0695. The van der Waals surface area contributed by atoms with Crippen LogP contribution in [0.3, 0.4) is 0 Å². The lowest BCUT2D eigenvalue weighted by atomic mass is 10.1. The molecule has 0 aliphatic rings. The molecule has 0 aliphatic carbocycles. The highest BCUT2D eigenvalue weighted by Gasteiger charge is 2.10. The monoisotopic (exact) mass is 217 g/mol. The molecule has 2 aromatic rings. The number of carbonyl (C=O) groups is 1. The van der Waals surface area contributed by atoms with E-state index in [0.717, 1.165) is 11.3 Å². The van der Waals surface area contributed by atoms with Crippen molar-refractivity contribution < 1.29 is 9.90 Å². The fourth-order valence-electron chi connectivity index (χ4n) is 1.49. The third kappa shape index (κ3) is 1.93. The zero-order valence-electron chi connectivity index (χ0n) is 8.79. The summed E-state index contributed by atoms with van der Waals surface area (Å²) in [7, 11) is 0. The first-order valence-electron chi connectivity index (χ1n) is 4.85. The summed E-state index contributed by atoms with van der Waals surface area (Å²) in [6.07, 6.45) is 1.64. The molecule has 0 saturated carbocycles. The van der Waals surface area contributed by atoms with E-state index in [2.05, 4.69) is 10.3 Å². The Balaban J connectivity index is 2.35. The molecule has 1 heterocycles. The Hall–Kier alpha value is -2.17. The van der Waals surface area contributed by atoms with E-state index in [1.165, 1.54) is 0 Å². The first kappa shape index (κ1) is 10.4. The lowest BCUT2D eigenvalue weighted by Gasteiger charge is -2.06. The Morgan fingerprint density at radius 3 is 2.81 bits per heavy atom. The molecule has 5 heteroatoms. The van der Waals surface area contributed by atoms with Crippen LogP contribution in [0.1, 0.15) is 21.6 Å². The molecule has 0 aliphatic heterocycles. The number of hydrogen-bond acceptors (Lipinski definition) is 3. The van der Waals surface area contributed by atoms with E-state index in [9.17, 15) is 4.79 Å². The molecule has 0 radical (unpaired) electrons. The van der Waals surface area contributed by atoms with Crippen LogP contribution in [0, 0.1) is 6.92 Å². The summed E-state index contributed by atoms with van der Waals surface area (Å²) < 4.78 is 1.67. The van der Waals surface area contributed by atoms with Gasteiger partial charge in [0.05, 0.1) is 24.0 Å². The van der Waals surface area contributed by atoms with Crippen LogP contribution < -0.4 is 0 Å². The number of rotatable bonds is 3. The first-order chi connectivity index (χ1) is 7.68. The summed E-state index contributed by atoms with van der Waals surface area (Å²) in [5.41, 5.74) is 1.93. The molecule has 1 N–H and O–H groups in total. The molecule has 2 rings (SSSR count). The maximum absolute atomic E-state index is 11.0. The van der Waals surface area contributed by atoms with Crippen LogP contribution in [0.4, 0.5) is 0 Å². The smallest absolute Gasteiger partial charge is 0.336 e. The average molecular weight is 217 g/mol. The Morgan fingerprint density at radius 2 is 2.19 bits per heavy atom. The Labute approximate surface area is 92.3 Å². The quantitative estimate of drug-likeness (QED) is 0.842. The van der Waals surface area contributed by atoms with Crippen molar-refractivity contribution in [3.8, 4) is 0 Å². The van der Waals surface area contributed by atoms with Crippen molar-refractivity contribution in [1.82, 2.24) is 15.0 Å². The zero-order valence-corrected chi connectivity index (χ0v) is 8.79. The van der Waals surface area contributed by atoms with Crippen molar-refractivity contribution in [1.29, 1.82) is 0 Å². The minimum absolute atomic E-state index is 0.303. The van der Waals surface area contributed by atoms with Gasteiger partial charge >= 0.3 is 5.97 Å². The third-order valence-electron chi connectivity index (χ3n) is 2.38. The zero-order chi connectivity index (χ0) is 11.5. The van der Waals surface area contributed by atoms with Gasteiger partial charge in [-0.3, -0.25) is 0 Å². The highest BCUT2D eigenvalue weighted by atomic mass is 16.4. The van der Waals surface area contributed by atoms with Gasteiger partial charge in [-0.15, -0.1) is 5.10 Å². The van der Waals surface area contributed by atoms with E-state index in [4.69, 9.17) is 5.11 Å². The van der Waals surface area contributed by atoms with Gasteiger partial charge in [0.2, 0.25) is 0 Å². The first-order valence-corrected chi connectivity index (χ1v) is 4.85. The summed E-state index contributed by atoms with van der Waals surface area (Å²) in [5.74, 6) is -0.923. The fraction of sp³-hybridized carbons (Fsp3) is 0.182. The highest BCUT2D eigenvalue weighted by molar-refractivity contribution is 5.89. The summed E-state index contributed by atoms with van der Waals surface area (Å²) >= 11 is 0. The maximum Gasteiger partial charge on any atom is 0.336 e. The van der Waals surface area contributed by atoms with E-state index in [0.29, 0.717) is 12.1 Å². The molecule has 0 saturated heterocycles. The van der Waals surface area contributed by atoms with Gasteiger partial charge in [-0.2, -0.15) is 0 Å². The van der Waals surface area contributed by atoms with Gasteiger partial charge in [0.15, 0.2) is 0 Å². The van der Waals surface area contributed by atoms with E-state index in [-0.39, 0.29) is 0 Å². The summed E-state index contributed by atoms with van der Waals surface area (Å²) in [5, 5.41) is 16.7. The van der Waals surface area contributed by atoms with E-state index >= 15 is 0 Å². The Morgan fingerprint density at radius 1 is 1.44 bits per heavy atom. The Bertz CT molecular complexity index is 519. The van der Waals surface area contributed by atoms with Crippen molar-refractivity contribution in [2.75, 3.05) is 0 Å². The fourth-order valence-corrected chi connectivity index (χ4v) is 1.49. The number of carboxylic acid groups (broad SMARTS) is 1. The van der Waals surface area contributed by atoms with Gasteiger partial charge in [0, 0.05) is 0 Å². The van der Waals surface area contributed by atoms with E-state index in [1.54, 1.807) is 29.1 Å². The average Bonchev–Trinajstić information content (AvgIpc) is 2.65. The molecular weight excluding hydrogens is 206 g/mol. The second-order valence-electron chi connectivity index (χ2n) is 3.50. The van der Waals surface area contributed by atoms with Crippen LogP contribution in [-0.4, -0.2) is 26.1 Å². The second kappa shape index (κ2) is 4.14. The van der Waals surface area contributed by atoms with Crippen molar-refractivity contribution >= 4 is 5.97 Å². The number of hydrogen-bond donors (Lipinski definition) is 1. The molecule has 0 amide bonds. The molecule has 0 atom stereocenters. The third-order valence-corrected chi connectivity index (χ3v) is 2.38. The minimum atomic E-state index is -0.923. The van der Waals surface area contributed by atoms with Crippen LogP contribution in [0.15, 0.2) is 30.5 Å². The minimum Gasteiger partial charge on any atom is -0.478 e. The van der Waals surface area contributed by atoms with Gasteiger partial charge in [0.1, 0.15) is 0 Å². The van der Waals surface area contributed by atoms with Gasteiger partial charge < -0.3 is 5.11 Å². The number of benzene rings is 1. The van der Waals surface area contributed by atoms with Crippen molar-refractivity contribution in [3.63, 3.8) is 0 Å². The van der Waals surface area contributed by atoms with E-state index < -0.39 is 5.97 Å². The molecule has 0 spiro atoms. The summed E-state index contributed by atoms with van der Waals surface area (Å²) in [6, 6.07) is 6.89. The van der Waals surface area contributed by atoms with Crippen LogP contribution in [0.25, 0.3) is 0 Å². The Kier molecular flexibility index (Phi) is 2.68. The molecule has 0 fully saturated rings. The van der Waals surface area contributed by atoms with Crippen molar-refractivity contribution in [3.05, 3.63) is 47.3 Å². The molecule has 0 unspecified atom stereocenters. The number of carboxylic acids is 1. The molecular formula is C11H11N3O2. The van der Waals surface area contributed by atoms with Crippen molar-refractivity contribution in [2.24, 2.45) is 0 Å². The molecule has 0 bridgehead atoms. The molecule has 5 nitrogen and oxygen atoms in total. The second-order valence-corrected chi connectivity index (χ2v) is 3.50. The molecule has 1 aromatic carbocycles. The van der Waals surface area contributed by atoms with Crippen LogP contribution in [0.2, 0.25) is 0 Å². The van der Waals surface area contributed by atoms with Gasteiger partial charge in [-0.1, -0.05) is 23.4 Å². The van der Waals surface area contributed by atoms with Crippen LogP contribution in [-0.2, 0) is 6.54 Å². The summed E-state index contributed by atoms with van der Waals surface area (Å²) in [4.78, 5) is 11.0. The van der Waals surface area contributed by atoms with Gasteiger partial charge in [0.25, 0.3) is 0 Å². The highest BCUT2D eigenvalue weighted by Crippen LogP contribution is 2.10. The van der Waals surface area contributed by atoms with Crippen molar-refractivity contribution in [2.45, 2.75) is 13.5 Å². The predicted octanol–water partition coefficient (Wildman–Crippen LogP) is 1.33. The molecule has 16 heavy (non-hydrogen) atoms. The molecule has 1 aromatic heterocycles. The van der Waals surface area contributed by atoms with Crippen LogP contribution in [0.5, 0.6) is 0 Å². The number of aryl methyl sites for hydroxylation is 1. The normalized spacial score (nSPS) is 10.3. The lowest BCUT2D eigenvalue weighted by Crippen LogP contribution is -2.09. The van der Waals surface area contributed by atoms with Gasteiger partial charge in [-0.05, 0) is 18.6 Å². The number of aromatic nitrogens is 3.